The van der Waals surface area contributed by atoms with Crippen LogP contribution >= 0.6 is 0 Å². The summed E-state index contributed by atoms with van der Waals surface area (Å²) in [5.41, 5.74) is 6.61. The molecule has 1 rings (SSSR count). The summed E-state index contributed by atoms with van der Waals surface area (Å²) in [6.45, 7) is 5.77. The van der Waals surface area contributed by atoms with Gasteiger partial charge in [0, 0.05) is 11.6 Å². The molecule has 102 valence electrons. The van der Waals surface area contributed by atoms with Gasteiger partial charge < -0.3 is 5.73 Å². The third-order valence-corrected chi connectivity index (χ3v) is 3.48. The number of aryl methyl sites for hydroxylation is 1. The molecule has 0 spiro atoms. The third kappa shape index (κ3) is 3.29. The molecule has 0 aliphatic carbocycles. The summed E-state index contributed by atoms with van der Waals surface area (Å²) in [5, 5.41) is 0. The average Bonchev–Trinajstić information content (AvgIpc) is 2.34. The number of nitrogens with two attached hydrogens (primary N) is 1. The normalized spacial score (nSPS) is 13.1. The van der Waals surface area contributed by atoms with E-state index in [-0.39, 0.29) is 11.5 Å². The van der Waals surface area contributed by atoms with Gasteiger partial charge in [0.25, 0.3) is 0 Å². The van der Waals surface area contributed by atoms with Crippen LogP contribution in [0.15, 0.2) is 12.1 Å². The monoisotopic (exact) mass is 255 g/mol. The molecule has 3 heteroatoms. The van der Waals surface area contributed by atoms with Crippen LogP contribution in [-0.2, 0) is 0 Å². The van der Waals surface area contributed by atoms with Crippen molar-refractivity contribution in [3.63, 3.8) is 0 Å². The Morgan fingerprint density at radius 3 is 2.17 bits per heavy atom. The van der Waals surface area contributed by atoms with E-state index in [2.05, 4.69) is 13.8 Å². The van der Waals surface area contributed by atoms with Crippen LogP contribution in [0.5, 0.6) is 0 Å². The maximum Gasteiger partial charge on any atom is 0.133 e. The van der Waals surface area contributed by atoms with E-state index in [1.54, 1.807) is 6.92 Å². The smallest absolute Gasteiger partial charge is 0.133 e. The van der Waals surface area contributed by atoms with Crippen molar-refractivity contribution in [2.75, 3.05) is 0 Å². The van der Waals surface area contributed by atoms with Crippen molar-refractivity contribution < 1.29 is 8.78 Å². The van der Waals surface area contributed by atoms with Gasteiger partial charge in [0.2, 0.25) is 0 Å². The molecule has 1 unspecified atom stereocenters. The topological polar surface area (TPSA) is 26.0 Å². The Morgan fingerprint density at radius 2 is 1.67 bits per heavy atom. The van der Waals surface area contributed by atoms with Gasteiger partial charge in [-0.05, 0) is 37.3 Å². The maximum atomic E-state index is 14.0. The molecule has 0 saturated carbocycles. The molecule has 18 heavy (non-hydrogen) atoms. The van der Waals surface area contributed by atoms with Crippen molar-refractivity contribution in [1.82, 2.24) is 0 Å². The second kappa shape index (κ2) is 6.83. The predicted octanol–water partition coefficient (Wildman–Crippen LogP) is 4.49. The molecule has 0 aliphatic heterocycles. The summed E-state index contributed by atoms with van der Waals surface area (Å²) in [7, 11) is 0. The van der Waals surface area contributed by atoms with Gasteiger partial charge in [0.1, 0.15) is 11.6 Å². The van der Waals surface area contributed by atoms with Crippen molar-refractivity contribution >= 4 is 0 Å². The van der Waals surface area contributed by atoms with E-state index in [1.165, 1.54) is 12.1 Å². The molecule has 0 aliphatic rings. The summed E-state index contributed by atoms with van der Waals surface area (Å²) >= 11 is 0. The molecular weight excluding hydrogens is 232 g/mol. The van der Waals surface area contributed by atoms with Crippen LogP contribution in [0, 0.1) is 24.5 Å². The molecule has 2 N–H and O–H groups in total. The van der Waals surface area contributed by atoms with Crippen molar-refractivity contribution in [1.29, 1.82) is 0 Å². The van der Waals surface area contributed by atoms with Gasteiger partial charge >= 0.3 is 0 Å². The highest BCUT2D eigenvalue weighted by Crippen LogP contribution is 2.31. The summed E-state index contributed by atoms with van der Waals surface area (Å²) in [6, 6.07) is 2.21. The highest BCUT2D eigenvalue weighted by molar-refractivity contribution is 5.29. The van der Waals surface area contributed by atoms with E-state index in [4.69, 9.17) is 5.73 Å². The first-order chi connectivity index (χ1) is 8.52. The molecular formula is C15H23F2N. The zero-order chi connectivity index (χ0) is 13.7. The maximum absolute atomic E-state index is 14.0. The zero-order valence-electron chi connectivity index (χ0n) is 11.5. The highest BCUT2D eigenvalue weighted by Gasteiger charge is 2.24. The van der Waals surface area contributed by atoms with Crippen LogP contribution in [0.3, 0.4) is 0 Å². The minimum absolute atomic E-state index is 0.0573. The third-order valence-electron chi connectivity index (χ3n) is 3.48. The van der Waals surface area contributed by atoms with Crippen molar-refractivity contribution in [3.8, 4) is 0 Å². The molecule has 1 aromatic rings. The van der Waals surface area contributed by atoms with E-state index in [1.807, 2.05) is 0 Å². The van der Waals surface area contributed by atoms with Crippen LogP contribution in [0.2, 0.25) is 0 Å². The van der Waals surface area contributed by atoms with Gasteiger partial charge in [0.15, 0.2) is 0 Å². The Labute approximate surface area is 108 Å². The van der Waals surface area contributed by atoms with Crippen LogP contribution in [-0.4, -0.2) is 0 Å². The Morgan fingerprint density at radius 1 is 1.11 bits per heavy atom. The standard InChI is InChI=1S/C15H23F2N/c1-4-6-11(7-5-2)15(18)13-12(16)9-8-10(3)14(13)17/h8-9,11,15H,4-7,18H2,1-3H3. The summed E-state index contributed by atoms with van der Waals surface area (Å²) < 4.78 is 27.8. The van der Waals surface area contributed by atoms with E-state index in [0.29, 0.717) is 5.56 Å². The lowest BCUT2D eigenvalue weighted by Crippen LogP contribution is -2.24. The number of rotatable bonds is 6. The SMILES string of the molecule is CCCC(CCC)C(N)c1c(F)ccc(C)c1F. The minimum Gasteiger partial charge on any atom is -0.324 e. The molecule has 1 nitrogen and oxygen atoms in total. The number of hydrogen-bond donors (Lipinski definition) is 1. The van der Waals surface area contributed by atoms with E-state index in [9.17, 15) is 8.78 Å². The molecule has 0 saturated heterocycles. The van der Waals surface area contributed by atoms with Crippen molar-refractivity contribution in [2.45, 2.75) is 52.5 Å². The van der Waals surface area contributed by atoms with Gasteiger partial charge in [-0.1, -0.05) is 32.8 Å². The summed E-state index contributed by atoms with van der Waals surface area (Å²) in [5.74, 6) is -0.867. The van der Waals surface area contributed by atoms with Crippen LogP contribution in [0.1, 0.15) is 56.7 Å². The van der Waals surface area contributed by atoms with Gasteiger partial charge in [-0.25, -0.2) is 8.78 Å². The molecule has 1 atom stereocenters. The summed E-state index contributed by atoms with van der Waals surface area (Å²) in [4.78, 5) is 0. The average molecular weight is 255 g/mol. The fourth-order valence-electron chi connectivity index (χ4n) is 2.46. The molecule has 0 radical (unpaired) electrons. The largest absolute Gasteiger partial charge is 0.324 e. The molecule has 1 aromatic carbocycles. The quantitative estimate of drug-likeness (QED) is 0.796. The van der Waals surface area contributed by atoms with Crippen LogP contribution in [0.4, 0.5) is 8.78 Å². The Hall–Kier alpha value is -0.960. The second-order valence-electron chi connectivity index (χ2n) is 4.96. The van der Waals surface area contributed by atoms with Crippen molar-refractivity contribution in [3.05, 3.63) is 34.9 Å². The second-order valence-corrected chi connectivity index (χ2v) is 4.96. The number of benzene rings is 1. The van der Waals surface area contributed by atoms with Gasteiger partial charge in [0.05, 0.1) is 0 Å². The van der Waals surface area contributed by atoms with Gasteiger partial charge in [-0.2, -0.15) is 0 Å². The predicted molar refractivity (Wildman–Crippen MR) is 71.3 cm³/mol. The van der Waals surface area contributed by atoms with Crippen LogP contribution in [0.25, 0.3) is 0 Å². The lowest BCUT2D eigenvalue weighted by atomic mass is 9.86. The zero-order valence-corrected chi connectivity index (χ0v) is 11.5. The first-order valence-corrected chi connectivity index (χ1v) is 6.72. The highest BCUT2D eigenvalue weighted by atomic mass is 19.1. The Bertz CT molecular complexity index is 384. The van der Waals surface area contributed by atoms with E-state index >= 15 is 0 Å². The fourth-order valence-corrected chi connectivity index (χ4v) is 2.46. The van der Waals surface area contributed by atoms with E-state index in [0.717, 1.165) is 25.7 Å². The van der Waals surface area contributed by atoms with E-state index < -0.39 is 17.7 Å². The molecule has 0 fully saturated rings. The van der Waals surface area contributed by atoms with Crippen LogP contribution < -0.4 is 5.73 Å². The summed E-state index contributed by atoms with van der Waals surface area (Å²) in [6.07, 6.45) is 3.77. The number of hydrogen-bond acceptors (Lipinski definition) is 1. The fraction of sp³-hybridized carbons (Fsp3) is 0.600. The Balaban J connectivity index is 3.07. The lowest BCUT2D eigenvalue weighted by molar-refractivity contribution is 0.350. The van der Waals surface area contributed by atoms with Gasteiger partial charge in [-0.3, -0.25) is 0 Å². The molecule has 0 heterocycles. The Kier molecular flexibility index (Phi) is 5.73. The van der Waals surface area contributed by atoms with Gasteiger partial charge in [-0.15, -0.1) is 0 Å². The number of halogens is 2. The first-order valence-electron chi connectivity index (χ1n) is 6.72. The van der Waals surface area contributed by atoms with Crippen molar-refractivity contribution in [2.24, 2.45) is 11.7 Å². The lowest BCUT2D eigenvalue weighted by Gasteiger charge is -2.24. The minimum atomic E-state index is -0.551. The first kappa shape index (κ1) is 15.1. The molecule has 0 amide bonds. The molecule has 0 bridgehead atoms. The molecule has 0 aromatic heterocycles.